The van der Waals surface area contributed by atoms with Crippen LogP contribution in [0.15, 0.2) is 97.2 Å². The number of hydrogen-bond acceptors (Lipinski definition) is 3. The van der Waals surface area contributed by atoms with Gasteiger partial charge in [-0.25, -0.2) is 0 Å². The molecular formula is C26H26N2O. The number of ether oxygens (including phenoxy) is 1. The van der Waals surface area contributed by atoms with Crippen molar-refractivity contribution in [3.63, 3.8) is 0 Å². The summed E-state index contributed by atoms with van der Waals surface area (Å²) in [6.07, 6.45) is 1.88. The van der Waals surface area contributed by atoms with Gasteiger partial charge < -0.3 is 9.64 Å². The van der Waals surface area contributed by atoms with Gasteiger partial charge in [0, 0.05) is 18.1 Å². The molecule has 4 aromatic rings. The van der Waals surface area contributed by atoms with E-state index in [0.29, 0.717) is 6.61 Å². The standard InChI is InChI=1S/C26H26N2O/c1-28(2)19-20-29-26(22-12-5-3-6-13-22,23-14-7-4-8-15-23)25-24-16-10-9-11-21(24)17-18-27-25/h3-18H,19-20H2,1-2H3. The average Bonchev–Trinajstić information content (AvgIpc) is 2.78. The van der Waals surface area contributed by atoms with Crippen LogP contribution in [0.1, 0.15) is 16.8 Å². The Bertz CT molecular complexity index is 1020. The second-order valence-electron chi connectivity index (χ2n) is 7.45. The first-order chi connectivity index (χ1) is 14.2. The summed E-state index contributed by atoms with van der Waals surface area (Å²) in [4.78, 5) is 7.03. The fourth-order valence-corrected chi connectivity index (χ4v) is 3.80. The fraction of sp³-hybridized carbons (Fsp3) is 0.192. The number of hydrogen-bond donors (Lipinski definition) is 0. The van der Waals surface area contributed by atoms with Crippen molar-refractivity contribution in [1.82, 2.24) is 9.88 Å². The number of likely N-dealkylation sites (N-methyl/N-ethyl adjacent to an activating group) is 1. The Labute approximate surface area is 172 Å². The van der Waals surface area contributed by atoms with Gasteiger partial charge in [0.1, 0.15) is 0 Å². The second-order valence-corrected chi connectivity index (χ2v) is 7.45. The van der Waals surface area contributed by atoms with Gasteiger partial charge in [0.05, 0.1) is 12.3 Å². The zero-order valence-corrected chi connectivity index (χ0v) is 17.0. The molecule has 1 heterocycles. The van der Waals surface area contributed by atoms with Crippen LogP contribution in [0.3, 0.4) is 0 Å². The van der Waals surface area contributed by atoms with Crippen LogP contribution >= 0.6 is 0 Å². The fourth-order valence-electron chi connectivity index (χ4n) is 3.80. The van der Waals surface area contributed by atoms with Crippen LogP contribution in [0.2, 0.25) is 0 Å². The lowest BCUT2D eigenvalue weighted by Crippen LogP contribution is -2.36. The number of nitrogens with zero attached hydrogens (tertiary/aromatic N) is 2. The Morgan fingerprint density at radius 3 is 1.97 bits per heavy atom. The Morgan fingerprint density at radius 1 is 0.759 bits per heavy atom. The third kappa shape index (κ3) is 3.80. The van der Waals surface area contributed by atoms with Crippen LogP contribution in [-0.4, -0.2) is 37.1 Å². The molecule has 0 aliphatic rings. The molecule has 146 valence electrons. The molecule has 3 aromatic carbocycles. The van der Waals surface area contributed by atoms with E-state index >= 15 is 0 Å². The van der Waals surface area contributed by atoms with Crippen molar-refractivity contribution in [2.24, 2.45) is 0 Å². The monoisotopic (exact) mass is 382 g/mol. The van der Waals surface area contributed by atoms with Crippen LogP contribution in [0.4, 0.5) is 0 Å². The van der Waals surface area contributed by atoms with Crippen molar-refractivity contribution in [1.29, 1.82) is 0 Å². The maximum atomic E-state index is 6.80. The first-order valence-electron chi connectivity index (χ1n) is 9.96. The van der Waals surface area contributed by atoms with E-state index < -0.39 is 5.60 Å². The molecule has 0 radical (unpaired) electrons. The molecule has 0 atom stereocenters. The predicted molar refractivity (Wildman–Crippen MR) is 119 cm³/mol. The van der Waals surface area contributed by atoms with Gasteiger partial charge >= 0.3 is 0 Å². The smallest absolute Gasteiger partial charge is 0.161 e. The lowest BCUT2D eigenvalue weighted by Gasteiger charge is -2.36. The Kier molecular flexibility index (Phi) is 5.70. The maximum absolute atomic E-state index is 6.80. The van der Waals surface area contributed by atoms with Gasteiger partial charge in [-0.15, -0.1) is 0 Å². The normalized spacial score (nSPS) is 11.8. The molecule has 0 fully saturated rings. The van der Waals surface area contributed by atoms with E-state index in [0.717, 1.165) is 34.1 Å². The SMILES string of the molecule is CN(C)CCOC(c1ccccc1)(c1ccccc1)c1nccc2ccccc12. The minimum absolute atomic E-state index is 0.585. The quantitative estimate of drug-likeness (QED) is 0.444. The molecule has 3 nitrogen and oxygen atoms in total. The number of benzene rings is 3. The summed E-state index contributed by atoms with van der Waals surface area (Å²) in [6, 6.07) is 31.3. The molecular weight excluding hydrogens is 356 g/mol. The molecule has 0 aliphatic heterocycles. The van der Waals surface area contributed by atoms with Gasteiger partial charge in [-0.05, 0) is 36.7 Å². The van der Waals surface area contributed by atoms with E-state index in [1.165, 1.54) is 0 Å². The minimum Gasteiger partial charge on any atom is -0.358 e. The Balaban J connectivity index is 2.01. The topological polar surface area (TPSA) is 25.4 Å². The van der Waals surface area contributed by atoms with Gasteiger partial charge in [-0.2, -0.15) is 0 Å². The molecule has 0 N–H and O–H groups in total. The zero-order valence-electron chi connectivity index (χ0n) is 17.0. The third-order valence-electron chi connectivity index (χ3n) is 5.22. The number of pyridine rings is 1. The number of fused-ring (bicyclic) bond motifs is 1. The molecule has 0 saturated heterocycles. The van der Waals surface area contributed by atoms with Crippen molar-refractivity contribution in [3.05, 3.63) is 114 Å². The molecule has 0 unspecified atom stereocenters. The molecule has 4 rings (SSSR count). The van der Waals surface area contributed by atoms with Crippen LogP contribution in [0, 0.1) is 0 Å². The molecule has 0 spiro atoms. The predicted octanol–water partition coefficient (Wildman–Crippen LogP) is 5.10. The van der Waals surface area contributed by atoms with Crippen LogP contribution in [0.25, 0.3) is 10.8 Å². The van der Waals surface area contributed by atoms with E-state index in [4.69, 9.17) is 9.72 Å². The van der Waals surface area contributed by atoms with Gasteiger partial charge in [-0.1, -0.05) is 84.9 Å². The number of aromatic nitrogens is 1. The van der Waals surface area contributed by atoms with E-state index in [1.807, 2.05) is 18.3 Å². The Hall–Kier alpha value is -3.01. The largest absolute Gasteiger partial charge is 0.358 e. The first kappa shape index (κ1) is 19.3. The molecule has 3 heteroatoms. The highest BCUT2D eigenvalue weighted by molar-refractivity contribution is 5.86. The molecule has 1 aromatic heterocycles. The highest BCUT2D eigenvalue weighted by Crippen LogP contribution is 2.42. The summed E-state index contributed by atoms with van der Waals surface area (Å²) in [5, 5.41) is 2.26. The second kappa shape index (κ2) is 8.56. The lowest BCUT2D eigenvalue weighted by atomic mass is 9.81. The van der Waals surface area contributed by atoms with E-state index in [-0.39, 0.29) is 0 Å². The van der Waals surface area contributed by atoms with Crippen molar-refractivity contribution in [2.45, 2.75) is 5.60 Å². The van der Waals surface area contributed by atoms with E-state index in [2.05, 4.69) is 97.9 Å². The van der Waals surface area contributed by atoms with Crippen LogP contribution in [0.5, 0.6) is 0 Å². The first-order valence-corrected chi connectivity index (χ1v) is 9.96. The summed E-state index contributed by atoms with van der Waals surface area (Å²) in [5.41, 5.74) is 2.29. The van der Waals surface area contributed by atoms with E-state index in [9.17, 15) is 0 Å². The molecule has 0 saturated carbocycles. The summed E-state index contributed by atoms with van der Waals surface area (Å²) in [7, 11) is 4.12. The Morgan fingerprint density at radius 2 is 1.34 bits per heavy atom. The van der Waals surface area contributed by atoms with Crippen molar-refractivity contribution in [3.8, 4) is 0 Å². The summed E-state index contributed by atoms with van der Waals surface area (Å²) < 4.78 is 6.80. The highest BCUT2D eigenvalue weighted by atomic mass is 16.5. The van der Waals surface area contributed by atoms with Crippen molar-refractivity contribution in [2.75, 3.05) is 27.2 Å². The molecule has 0 bridgehead atoms. The minimum atomic E-state index is -0.792. The molecule has 29 heavy (non-hydrogen) atoms. The maximum Gasteiger partial charge on any atom is 0.161 e. The van der Waals surface area contributed by atoms with Crippen molar-refractivity contribution < 1.29 is 4.74 Å². The lowest BCUT2D eigenvalue weighted by molar-refractivity contribution is 0.00418. The van der Waals surface area contributed by atoms with E-state index in [1.54, 1.807) is 0 Å². The summed E-state index contributed by atoms with van der Waals surface area (Å²) >= 11 is 0. The van der Waals surface area contributed by atoms with Crippen LogP contribution in [-0.2, 0) is 10.3 Å². The zero-order chi connectivity index (χ0) is 20.1. The van der Waals surface area contributed by atoms with Gasteiger partial charge in [-0.3, -0.25) is 4.98 Å². The third-order valence-corrected chi connectivity index (χ3v) is 5.22. The van der Waals surface area contributed by atoms with Gasteiger partial charge in [0.2, 0.25) is 0 Å². The highest BCUT2D eigenvalue weighted by Gasteiger charge is 2.40. The van der Waals surface area contributed by atoms with Gasteiger partial charge in [0.25, 0.3) is 0 Å². The molecule has 0 aliphatic carbocycles. The average molecular weight is 383 g/mol. The molecule has 0 amide bonds. The summed E-state index contributed by atoms with van der Waals surface area (Å²) in [6.45, 7) is 1.41. The van der Waals surface area contributed by atoms with Gasteiger partial charge in [0.15, 0.2) is 5.60 Å². The van der Waals surface area contributed by atoms with Crippen molar-refractivity contribution >= 4 is 10.8 Å². The summed E-state index contributed by atoms with van der Waals surface area (Å²) in [5.74, 6) is 0. The van der Waals surface area contributed by atoms with Crippen LogP contribution < -0.4 is 0 Å². The number of rotatable bonds is 7.